The van der Waals surface area contributed by atoms with Crippen molar-refractivity contribution in [1.82, 2.24) is 19.9 Å². The SMILES string of the molecule is Cc1csc(-c2nc(NC3CCC(F)(F)CC3)cc(N3CCN(C4COC4)CC3)n2)n1. The maximum atomic E-state index is 13.6. The van der Waals surface area contributed by atoms with Gasteiger partial charge in [-0.2, -0.15) is 0 Å². The van der Waals surface area contributed by atoms with Crippen LogP contribution in [0.3, 0.4) is 0 Å². The highest BCUT2D eigenvalue weighted by Gasteiger charge is 2.35. The molecule has 168 valence electrons. The van der Waals surface area contributed by atoms with Crippen LogP contribution in [-0.2, 0) is 4.74 Å². The lowest BCUT2D eigenvalue weighted by atomic mass is 9.92. The lowest BCUT2D eigenvalue weighted by molar-refractivity contribution is -0.0661. The molecule has 2 aliphatic heterocycles. The molecule has 0 amide bonds. The summed E-state index contributed by atoms with van der Waals surface area (Å²) in [7, 11) is 0. The number of hydrogen-bond acceptors (Lipinski definition) is 8. The fraction of sp³-hybridized carbons (Fsp3) is 0.667. The van der Waals surface area contributed by atoms with Gasteiger partial charge in [-0.1, -0.05) is 0 Å². The first kappa shape index (κ1) is 21.0. The van der Waals surface area contributed by atoms with Gasteiger partial charge in [-0.15, -0.1) is 11.3 Å². The number of ether oxygens (including phenoxy) is 1. The lowest BCUT2D eigenvalue weighted by Gasteiger charge is -2.42. The highest BCUT2D eigenvalue weighted by molar-refractivity contribution is 7.13. The smallest absolute Gasteiger partial charge is 0.248 e. The average Bonchev–Trinajstić information content (AvgIpc) is 3.15. The van der Waals surface area contributed by atoms with E-state index in [1.807, 2.05) is 18.4 Å². The lowest BCUT2D eigenvalue weighted by Crippen LogP contribution is -2.56. The second-order valence-corrected chi connectivity index (χ2v) is 9.58. The Morgan fingerprint density at radius 2 is 1.84 bits per heavy atom. The molecule has 7 nitrogen and oxygen atoms in total. The Kier molecular flexibility index (Phi) is 5.78. The summed E-state index contributed by atoms with van der Waals surface area (Å²) in [6, 6.07) is 2.51. The molecule has 2 aromatic rings. The number of piperazine rings is 1. The monoisotopic (exact) mass is 450 g/mol. The van der Waals surface area contributed by atoms with E-state index in [4.69, 9.17) is 14.7 Å². The maximum absolute atomic E-state index is 13.6. The van der Waals surface area contributed by atoms with E-state index in [0.29, 0.717) is 30.5 Å². The van der Waals surface area contributed by atoms with Crippen molar-refractivity contribution < 1.29 is 13.5 Å². The molecule has 0 radical (unpaired) electrons. The van der Waals surface area contributed by atoms with Crippen molar-refractivity contribution in [2.45, 2.75) is 50.6 Å². The van der Waals surface area contributed by atoms with Gasteiger partial charge in [0.1, 0.15) is 11.6 Å². The largest absolute Gasteiger partial charge is 0.378 e. The Labute approximate surface area is 184 Å². The molecule has 3 aliphatic rings. The zero-order valence-corrected chi connectivity index (χ0v) is 18.5. The van der Waals surface area contributed by atoms with Crippen molar-refractivity contribution in [3.8, 4) is 10.8 Å². The van der Waals surface area contributed by atoms with Gasteiger partial charge in [-0.05, 0) is 19.8 Å². The summed E-state index contributed by atoms with van der Waals surface area (Å²) in [6.07, 6.45) is 0.738. The molecule has 0 unspecified atom stereocenters. The summed E-state index contributed by atoms with van der Waals surface area (Å²) in [4.78, 5) is 18.8. The topological polar surface area (TPSA) is 66.4 Å². The number of aromatic nitrogens is 3. The number of rotatable bonds is 5. The van der Waals surface area contributed by atoms with E-state index in [9.17, 15) is 8.78 Å². The fourth-order valence-corrected chi connectivity index (χ4v) is 5.09. The molecular weight excluding hydrogens is 422 g/mol. The summed E-state index contributed by atoms with van der Waals surface area (Å²) in [5.41, 5.74) is 0.939. The van der Waals surface area contributed by atoms with Crippen LogP contribution < -0.4 is 10.2 Å². The molecule has 5 rings (SSSR count). The molecule has 2 aromatic heterocycles. The van der Waals surface area contributed by atoms with E-state index in [1.165, 1.54) is 11.3 Å². The zero-order chi connectivity index (χ0) is 21.4. The number of alkyl halides is 2. The average molecular weight is 451 g/mol. The van der Waals surface area contributed by atoms with Crippen molar-refractivity contribution >= 4 is 23.0 Å². The number of halogens is 2. The van der Waals surface area contributed by atoms with Crippen LogP contribution in [-0.4, -0.2) is 77.3 Å². The van der Waals surface area contributed by atoms with Gasteiger partial charge in [0, 0.05) is 62.2 Å². The summed E-state index contributed by atoms with van der Waals surface area (Å²) >= 11 is 1.52. The van der Waals surface area contributed by atoms with Gasteiger partial charge in [0.25, 0.3) is 0 Å². The predicted octanol–water partition coefficient (Wildman–Crippen LogP) is 3.42. The van der Waals surface area contributed by atoms with E-state index in [1.54, 1.807) is 0 Å². The second kappa shape index (κ2) is 8.55. The highest BCUT2D eigenvalue weighted by atomic mass is 32.1. The van der Waals surface area contributed by atoms with Crippen LogP contribution in [0.1, 0.15) is 31.4 Å². The minimum absolute atomic E-state index is 0.00344. The highest BCUT2D eigenvalue weighted by Crippen LogP contribution is 2.35. The Balaban J connectivity index is 1.35. The molecule has 3 fully saturated rings. The summed E-state index contributed by atoms with van der Waals surface area (Å²) in [5, 5.41) is 6.17. The molecule has 0 bridgehead atoms. The molecule has 0 atom stereocenters. The van der Waals surface area contributed by atoms with Gasteiger partial charge in [0.15, 0.2) is 10.8 Å². The quantitative estimate of drug-likeness (QED) is 0.749. The molecule has 10 heteroatoms. The third-order valence-corrected chi connectivity index (χ3v) is 7.32. The van der Waals surface area contributed by atoms with Crippen molar-refractivity contribution in [2.24, 2.45) is 0 Å². The third kappa shape index (κ3) is 4.80. The number of thiazole rings is 1. The molecule has 0 spiro atoms. The first-order valence-electron chi connectivity index (χ1n) is 11.0. The first-order chi connectivity index (χ1) is 14.9. The summed E-state index contributed by atoms with van der Waals surface area (Å²) < 4.78 is 32.4. The van der Waals surface area contributed by atoms with Crippen LogP contribution >= 0.6 is 11.3 Å². The van der Waals surface area contributed by atoms with Gasteiger partial charge in [0.2, 0.25) is 5.92 Å². The molecule has 0 aromatic carbocycles. The molecular formula is C21H28F2N6OS. The maximum Gasteiger partial charge on any atom is 0.248 e. The van der Waals surface area contributed by atoms with E-state index in [-0.39, 0.29) is 18.9 Å². The Bertz CT molecular complexity index is 903. The zero-order valence-electron chi connectivity index (χ0n) is 17.7. The van der Waals surface area contributed by atoms with E-state index >= 15 is 0 Å². The second-order valence-electron chi connectivity index (χ2n) is 8.72. The molecule has 1 aliphatic carbocycles. The number of hydrogen-bond donors (Lipinski definition) is 1. The van der Waals surface area contributed by atoms with Gasteiger partial charge in [-0.25, -0.2) is 23.7 Å². The van der Waals surface area contributed by atoms with Gasteiger partial charge < -0.3 is 15.0 Å². The molecule has 31 heavy (non-hydrogen) atoms. The van der Waals surface area contributed by atoms with Crippen LogP contribution in [0.2, 0.25) is 0 Å². The van der Waals surface area contributed by atoms with Crippen LogP contribution in [0, 0.1) is 6.92 Å². The number of aryl methyl sites for hydroxylation is 1. The van der Waals surface area contributed by atoms with Crippen LogP contribution in [0.25, 0.3) is 10.8 Å². The normalized spacial score (nSPS) is 23.0. The number of nitrogens with one attached hydrogen (secondary N) is 1. The van der Waals surface area contributed by atoms with E-state index < -0.39 is 5.92 Å². The van der Waals surface area contributed by atoms with Crippen molar-refractivity contribution in [3.05, 3.63) is 17.1 Å². The van der Waals surface area contributed by atoms with Crippen molar-refractivity contribution in [2.75, 3.05) is 49.6 Å². The summed E-state index contributed by atoms with van der Waals surface area (Å²) in [5.74, 6) is -0.387. The van der Waals surface area contributed by atoms with Crippen molar-refractivity contribution in [1.29, 1.82) is 0 Å². The standard InChI is InChI=1S/C21H28F2N6OS/c1-14-13-31-20(24-14)19-26-17(25-15-2-4-21(22,23)5-3-15)10-18(27-19)29-8-6-28(7-9-29)16-11-30-12-16/h10,13,15-16H,2-9,11-12H2,1H3,(H,25,26,27). The Morgan fingerprint density at radius 1 is 1.10 bits per heavy atom. The van der Waals surface area contributed by atoms with Gasteiger partial charge in [0.05, 0.1) is 19.3 Å². The minimum Gasteiger partial charge on any atom is -0.378 e. The molecule has 2 saturated heterocycles. The van der Waals surface area contributed by atoms with Gasteiger partial charge >= 0.3 is 0 Å². The predicted molar refractivity (Wildman–Crippen MR) is 117 cm³/mol. The summed E-state index contributed by atoms with van der Waals surface area (Å²) in [6.45, 7) is 7.34. The van der Waals surface area contributed by atoms with Crippen molar-refractivity contribution in [3.63, 3.8) is 0 Å². The number of anilines is 2. The first-order valence-corrected chi connectivity index (χ1v) is 11.9. The van der Waals surface area contributed by atoms with Gasteiger partial charge in [-0.3, -0.25) is 4.90 Å². The minimum atomic E-state index is -2.54. The van der Waals surface area contributed by atoms with E-state index in [2.05, 4.69) is 20.1 Å². The molecule has 4 heterocycles. The van der Waals surface area contributed by atoms with Crippen LogP contribution in [0.5, 0.6) is 0 Å². The van der Waals surface area contributed by atoms with E-state index in [0.717, 1.165) is 55.9 Å². The Morgan fingerprint density at radius 3 is 2.45 bits per heavy atom. The fourth-order valence-electron chi connectivity index (χ4n) is 4.37. The molecule has 1 saturated carbocycles. The number of nitrogens with zero attached hydrogens (tertiary/aromatic N) is 5. The third-order valence-electron chi connectivity index (χ3n) is 6.37. The Hall–Kier alpha value is -1.91. The van der Waals surface area contributed by atoms with Crippen LogP contribution in [0.15, 0.2) is 11.4 Å². The molecule has 1 N–H and O–H groups in total. The van der Waals surface area contributed by atoms with Crippen LogP contribution in [0.4, 0.5) is 20.4 Å².